The number of halogens is 2. The van der Waals surface area contributed by atoms with E-state index in [2.05, 4.69) is 14.7 Å². The molecule has 0 saturated carbocycles. The number of fused-ring (bicyclic) bond motifs is 1. The number of benzene rings is 2. The highest BCUT2D eigenvalue weighted by atomic mass is 35.5. The summed E-state index contributed by atoms with van der Waals surface area (Å²) in [6.07, 6.45) is 2.91. The molecule has 0 aliphatic rings. The number of anilines is 1. The molecule has 9 nitrogen and oxygen atoms in total. The summed E-state index contributed by atoms with van der Waals surface area (Å²) in [5.41, 5.74) is 7.13. The van der Waals surface area contributed by atoms with E-state index < -0.39 is 27.7 Å². The topological polar surface area (TPSA) is 137 Å². The molecule has 0 fully saturated rings. The smallest absolute Gasteiger partial charge is 0.263 e. The fraction of sp³-hybridized carbons (Fsp3) is 0.167. The molecule has 2 aromatic heterocycles. The molecule has 1 amide bonds. The van der Waals surface area contributed by atoms with E-state index in [0.29, 0.717) is 27.7 Å². The second-order valence-electron chi connectivity index (χ2n) is 8.27. The molecule has 4 rings (SSSR count). The van der Waals surface area contributed by atoms with E-state index in [-0.39, 0.29) is 27.7 Å². The average Bonchev–Trinajstić information content (AvgIpc) is 2.81. The van der Waals surface area contributed by atoms with Crippen LogP contribution in [0.1, 0.15) is 12.6 Å². The van der Waals surface area contributed by atoms with Crippen molar-refractivity contribution in [3.63, 3.8) is 0 Å². The normalized spacial score (nSPS) is 12.4. The van der Waals surface area contributed by atoms with Gasteiger partial charge in [-0.15, -0.1) is 0 Å². The number of pyridine rings is 1. The second kappa shape index (κ2) is 9.67. The van der Waals surface area contributed by atoms with Crippen molar-refractivity contribution in [3.8, 4) is 11.1 Å². The third-order valence-corrected chi connectivity index (χ3v) is 7.48. The third-order valence-electron chi connectivity index (χ3n) is 5.63. The van der Waals surface area contributed by atoms with E-state index in [1.54, 1.807) is 44.3 Å². The molecule has 0 unspecified atom stereocenters. The van der Waals surface area contributed by atoms with Gasteiger partial charge in [0.1, 0.15) is 10.7 Å². The first kappa shape index (κ1) is 25.3. The van der Waals surface area contributed by atoms with Crippen LogP contribution < -0.4 is 16.0 Å². The summed E-state index contributed by atoms with van der Waals surface area (Å²) in [6.45, 7) is 3.33. The largest absolute Gasteiger partial charge is 0.369 e. The van der Waals surface area contributed by atoms with Crippen molar-refractivity contribution < 1.29 is 17.6 Å². The molecule has 0 aliphatic carbocycles. The van der Waals surface area contributed by atoms with E-state index in [4.69, 9.17) is 17.3 Å². The number of aromatic nitrogens is 3. The van der Waals surface area contributed by atoms with Crippen LogP contribution in [0.4, 0.5) is 10.1 Å². The number of carbonyl (C=O) groups excluding carboxylic acids is 1. The molecule has 2 aromatic carbocycles. The third kappa shape index (κ3) is 5.07. The molecule has 186 valence electrons. The van der Waals surface area contributed by atoms with Crippen LogP contribution in [0.25, 0.3) is 22.0 Å². The second-order valence-corrected chi connectivity index (χ2v) is 10.3. The van der Waals surface area contributed by atoms with Gasteiger partial charge in [-0.25, -0.2) is 17.8 Å². The zero-order valence-electron chi connectivity index (χ0n) is 19.2. The Kier molecular flexibility index (Phi) is 6.79. The van der Waals surface area contributed by atoms with Crippen LogP contribution in [0.5, 0.6) is 0 Å². The number of nitrogens with two attached hydrogens (primary N) is 1. The number of nitrogens with zero attached hydrogens (tertiary/aromatic N) is 3. The molecule has 1 atom stereocenters. The van der Waals surface area contributed by atoms with E-state index >= 15 is 0 Å². The van der Waals surface area contributed by atoms with Crippen molar-refractivity contribution in [2.45, 2.75) is 25.3 Å². The van der Waals surface area contributed by atoms with Gasteiger partial charge in [0.25, 0.3) is 15.6 Å². The van der Waals surface area contributed by atoms with Crippen LogP contribution in [0.15, 0.2) is 64.7 Å². The van der Waals surface area contributed by atoms with Crippen LogP contribution in [0, 0.1) is 18.7 Å². The molecule has 0 spiro atoms. The van der Waals surface area contributed by atoms with E-state index in [9.17, 15) is 22.4 Å². The monoisotopic (exact) mass is 529 g/mol. The highest BCUT2D eigenvalue weighted by Gasteiger charge is 2.20. The lowest BCUT2D eigenvalue weighted by Gasteiger charge is -2.13. The molecule has 0 bridgehead atoms. The van der Waals surface area contributed by atoms with Gasteiger partial charge in [0.15, 0.2) is 0 Å². The first-order valence-electron chi connectivity index (χ1n) is 10.7. The van der Waals surface area contributed by atoms with Crippen molar-refractivity contribution >= 4 is 44.1 Å². The predicted octanol–water partition coefficient (Wildman–Crippen LogP) is 3.48. The summed E-state index contributed by atoms with van der Waals surface area (Å²) >= 11 is 5.94. The number of hydrogen-bond acceptors (Lipinski definition) is 6. The van der Waals surface area contributed by atoms with Crippen molar-refractivity contribution in [2.24, 2.45) is 11.7 Å². The quantitative estimate of drug-likeness (QED) is 0.376. The molecule has 0 aliphatic heterocycles. The number of sulfonamides is 1. The van der Waals surface area contributed by atoms with Gasteiger partial charge in [-0.1, -0.05) is 24.6 Å². The highest BCUT2D eigenvalue weighted by molar-refractivity contribution is 7.92. The van der Waals surface area contributed by atoms with Gasteiger partial charge >= 0.3 is 0 Å². The molecular weight excluding hydrogens is 509 g/mol. The molecule has 0 radical (unpaired) electrons. The zero-order valence-corrected chi connectivity index (χ0v) is 20.8. The summed E-state index contributed by atoms with van der Waals surface area (Å²) < 4.78 is 42.9. The van der Waals surface area contributed by atoms with Crippen LogP contribution in [-0.4, -0.2) is 28.9 Å². The standard InChI is InChI=1S/C24H21ClFN5O4S/c1-13(23(27)32)11-31-12-29-20-5-3-15(7-18(20)24(31)33)16-8-21(14(2)28-10-16)30-36(34,35)22-6-4-17(26)9-19(22)25/h3-10,12-13,30H,11H2,1-2H3,(H2,27,32)/t13-/m0/s1. The van der Waals surface area contributed by atoms with Gasteiger partial charge < -0.3 is 5.73 Å². The molecule has 36 heavy (non-hydrogen) atoms. The zero-order chi connectivity index (χ0) is 26.2. The Bertz CT molecular complexity index is 1670. The fourth-order valence-electron chi connectivity index (χ4n) is 3.54. The van der Waals surface area contributed by atoms with E-state index in [1.807, 2.05) is 0 Å². The van der Waals surface area contributed by atoms with Crippen molar-refractivity contribution in [1.82, 2.24) is 14.5 Å². The lowest BCUT2D eigenvalue weighted by atomic mass is 10.0. The van der Waals surface area contributed by atoms with Crippen LogP contribution >= 0.6 is 11.6 Å². The molecule has 12 heteroatoms. The summed E-state index contributed by atoms with van der Waals surface area (Å²) in [7, 11) is -4.14. The summed E-state index contributed by atoms with van der Waals surface area (Å²) in [6, 6.07) is 9.58. The van der Waals surface area contributed by atoms with Crippen molar-refractivity contribution in [3.05, 3.63) is 81.9 Å². The number of carbonyl (C=O) groups is 1. The number of rotatable bonds is 7. The first-order chi connectivity index (χ1) is 17.0. The average molecular weight is 530 g/mol. The fourth-order valence-corrected chi connectivity index (χ4v) is 5.18. The minimum Gasteiger partial charge on any atom is -0.369 e. The molecule has 0 saturated heterocycles. The Labute approximate surface area is 210 Å². The number of aryl methyl sites for hydroxylation is 1. The van der Waals surface area contributed by atoms with Gasteiger partial charge in [-0.2, -0.15) is 0 Å². The van der Waals surface area contributed by atoms with Crippen LogP contribution in [-0.2, 0) is 21.4 Å². The van der Waals surface area contributed by atoms with Crippen LogP contribution in [0.2, 0.25) is 5.02 Å². The number of hydrogen-bond donors (Lipinski definition) is 2. The minimum atomic E-state index is -4.14. The summed E-state index contributed by atoms with van der Waals surface area (Å²) in [5, 5.41) is 0.0562. The molecule has 3 N–H and O–H groups in total. The Morgan fingerprint density at radius 3 is 2.61 bits per heavy atom. The van der Waals surface area contributed by atoms with E-state index in [0.717, 1.165) is 18.2 Å². The van der Waals surface area contributed by atoms with Gasteiger partial charge in [0.05, 0.1) is 39.6 Å². The SMILES string of the molecule is Cc1ncc(-c2ccc3ncn(C[C@H](C)C(N)=O)c(=O)c3c2)cc1NS(=O)(=O)c1ccc(F)cc1Cl. The number of primary amides is 1. The maximum Gasteiger partial charge on any atom is 0.263 e. The summed E-state index contributed by atoms with van der Waals surface area (Å²) in [5.74, 6) is -1.75. The predicted molar refractivity (Wildman–Crippen MR) is 135 cm³/mol. The van der Waals surface area contributed by atoms with Gasteiger partial charge in [0.2, 0.25) is 5.91 Å². The van der Waals surface area contributed by atoms with Gasteiger partial charge in [-0.3, -0.25) is 23.9 Å². The highest BCUT2D eigenvalue weighted by Crippen LogP contribution is 2.29. The summed E-state index contributed by atoms with van der Waals surface area (Å²) in [4.78, 5) is 32.7. The van der Waals surface area contributed by atoms with Crippen molar-refractivity contribution in [2.75, 3.05) is 4.72 Å². The lowest BCUT2D eigenvalue weighted by molar-refractivity contribution is -0.121. The van der Waals surface area contributed by atoms with Gasteiger partial charge in [-0.05, 0) is 48.9 Å². The Balaban J connectivity index is 1.72. The Hall–Kier alpha value is -3.83. The van der Waals surface area contributed by atoms with E-state index in [1.165, 1.54) is 10.9 Å². The Morgan fingerprint density at radius 1 is 1.17 bits per heavy atom. The maximum atomic E-state index is 13.4. The number of amides is 1. The first-order valence-corrected chi connectivity index (χ1v) is 12.6. The molecule has 4 aromatic rings. The lowest BCUT2D eigenvalue weighted by Crippen LogP contribution is -2.30. The van der Waals surface area contributed by atoms with Crippen LogP contribution in [0.3, 0.4) is 0 Å². The Morgan fingerprint density at radius 2 is 1.92 bits per heavy atom. The molecular formula is C24H21ClFN5O4S. The molecule has 2 heterocycles. The maximum absolute atomic E-state index is 13.4. The van der Waals surface area contributed by atoms with Gasteiger partial charge in [0, 0.05) is 18.3 Å². The minimum absolute atomic E-state index is 0.0886. The van der Waals surface area contributed by atoms with Crippen molar-refractivity contribution in [1.29, 1.82) is 0 Å². The number of nitrogens with one attached hydrogen (secondary N) is 1.